The summed E-state index contributed by atoms with van der Waals surface area (Å²) in [4.78, 5) is 72.0. The first kappa shape index (κ1) is 48.5. The number of alkyl halides is 3. The van der Waals surface area contributed by atoms with Gasteiger partial charge in [0.15, 0.2) is 0 Å². The largest absolute Gasteiger partial charge is 0.491 e. The molecular weight excluding hydrogens is 910 g/mol. The summed E-state index contributed by atoms with van der Waals surface area (Å²) >= 11 is 0. The zero-order valence-corrected chi connectivity index (χ0v) is 37.0. The second-order valence-electron chi connectivity index (χ2n) is 16.6. The number of aromatic amines is 4. The van der Waals surface area contributed by atoms with E-state index in [1.54, 1.807) is 69.3 Å². The van der Waals surface area contributed by atoms with Crippen LogP contribution in [0.1, 0.15) is 65.5 Å². The second kappa shape index (κ2) is 20.6. The van der Waals surface area contributed by atoms with Crippen molar-refractivity contribution >= 4 is 34.1 Å². The van der Waals surface area contributed by atoms with Crippen LogP contribution in [-0.2, 0) is 17.5 Å². The van der Waals surface area contributed by atoms with Gasteiger partial charge in [0, 0.05) is 18.3 Å². The number of alkyl carbamates (subject to hydrolysis) is 1. The molecule has 358 valence electrons. The van der Waals surface area contributed by atoms with Crippen molar-refractivity contribution in [2.45, 2.75) is 51.2 Å². The third kappa shape index (κ3) is 13.1. The highest BCUT2D eigenvalue weighted by Gasteiger charge is 2.30. The molecule has 15 nitrogen and oxygen atoms in total. The maximum absolute atomic E-state index is 13.6. The monoisotopic (exact) mass is 953 g/mol. The van der Waals surface area contributed by atoms with Crippen molar-refractivity contribution in [2.24, 2.45) is 0 Å². The first-order valence-electron chi connectivity index (χ1n) is 21.1. The lowest BCUT2D eigenvalue weighted by atomic mass is 10.1. The lowest BCUT2D eigenvalue weighted by molar-refractivity contribution is -0.137. The number of pyridine rings is 1. The van der Waals surface area contributed by atoms with E-state index in [-0.39, 0.29) is 42.5 Å². The van der Waals surface area contributed by atoms with Gasteiger partial charge in [-0.05, 0) is 110 Å². The van der Waals surface area contributed by atoms with Crippen LogP contribution in [0.5, 0.6) is 11.5 Å². The number of nitrogens with zero attached hydrogens (tertiary/aromatic N) is 1. The Bertz CT molecular complexity index is 3240. The van der Waals surface area contributed by atoms with E-state index < -0.39 is 52.8 Å². The van der Waals surface area contributed by atoms with Gasteiger partial charge in [0.2, 0.25) is 0 Å². The summed E-state index contributed by atoms with van der Waals surface area (Å²) in [6, 6.07) is 27.0. The van der Waals surface area contributed by atoms with Gasteiger partial charge in [0.1, 0.15) is 47.5 Å². The van der Waals surface area contributed by atoms with Crippen molar-refractivity contribution in [1.29, 1.82) is 0 Å². The Hall–Kier alpha value is -8.42. The molecule has 5 aromatic carbocycles. The minimum absolute atomic E-state index is 0.0493. The number of aromatic nitrogens is 5. The molecule has 0 saturated heterocycles. The lowest BCUT2D eigenvalue weighted by Crippen LogP contribution is -2.37. The second-order valence-corrected chi connectivity index (χ2v) is 16.6. The summed E-state index contributed by atoms with van der Waals surface area (Å²) in [6.45, 7) is 5.25. The predicted octanol–water partition coefficient (Wildman–Crippen LogP) is 8.41. The number of H-pyrrole nitrogens is 4. The molecule has 0 fully saturated rings. The average Bonchev–Trinajstić information content (AvgIpc) is 3.86. The molecule has 0 saturated carbocycles. The van der Waals surface area contributed by atoms with Gasteiger partial charge in [-0.3, -0.25) is 9.59 Å². The van der Waals surface area contributed by atoms with Gasteiger partial charge in [0.25, 0.3) is 11.5 Å². The van der Waals surface area contributed by atoms with Crippen LogP contribution in [0.2, 0.25) is 0 Å². The molecule has 0 aliphatic heterocycles. The van der Waals surface area contributed by atoms with Gasteiger partial charge in [-0.25, -0.2) is 23.2 Å². The number of carbonyl (C=O) groups excluding carboxylic acids is 2. The molecule has 0 unspecified atom stereocenters. The van der Waals surface area contributed by atoms with Crippen LogP contribution < -0.4 is 37.0 Å². The molecule has 2 atom stereocenters. The van der Waals surface area contributed by atoms with Gasteiger partial charge in [-0.2, -0.15) is 13.2 Å². The summed E-state index contributed by atoms with van der Waals surface area (Å²) in [7, 11) is 0. The summed E-state index contributed by atoms with van der Waals surface area (Å²) in [5, 5.41) is 5.50. The average molecular weight is 954 g/mol. The topological polar surface area (TPSA) is 205 Å². The molecule has 0 aliphatic rings. The molecule has 20 heteroatoms. The lowest BCUT2D eigenvalue weighted by Gasteiger charge is -2.24. The normalized spacial score (nSPS) is 12.4. The third-order valence-electron chi connectivity index (χ3n) is 10.2. The van der Waals surface area contributed by atoms with E-state index in [9.17, 15) is 45.9 Å². The van der Waals surface area contributed by atoms with E-state index >= 15 is 0 Å². The minimum Gasteiger partial charge on any atom is -0.491 e. The van der Waals surface area contributed by atoms with Crippen molar-refractivity contribution in [3.8, 4) is 11.5 Å². The first-order chi connectivity index (χ1) is 32.8. The fourth-order valence-corrected chi connectivity index (χ4v) is 6.91. The number of carbonyl (C=O) groups is 2. The Kier molecular flexibility index (Phi) is 14.5. The highest BCUT2D eigenvalue weighted by molar-refractivity contribution is 5.94. The number of ether oxygens (including phenoxy) is 3. The van der Waals surface area contributed by atoms with Crippen molar-refractivity contribution in [3.05, 3.63) is 198 Å². The molecule has 6 N–H and O–H groups in total. The van der Waals surface area contributed by atoms with Crippen molar-refractivity contribution in [3.63, 3.8) is 0 Å². The quantitative estimate of drug-likeness (QED) is 0.0618. The van der Waals surface area contributed by atoms with Crippen LogP contribution in [0, 0.1) is 11.6 Å². The zero-order valence-electron chi connectivity index (χ0n) is 37.0. The van der Waals surface area contributed by atoms with Crippen LogP contribution in [0.3, 0.4) is 0 Å². The SMILES string of the molecule is CC(C)(C)OC(=O)N[C@@H](COc1ccc2[nH]c(=O)[nH]c2c1)c1ccc(F)cc1.O=C(N[C@@H](COc1ccc2[nH]c(=O)[nH]c2c1)c1ccc(F)cc1)c1cccn(Cc2ccc(C(F)(F)F)cc2)c1=O. The van der Waals surface area contributed by atoms with Gasteiger partial charge in [0.05, 0.1) is 46.3 Å². The number of fused-ring (bicyclic) bond motifs is 2. The highest BCUT2D eigenvalue weighted by atomic mass is 19.4. The van der Waals surface area contributed by atoms with Gasteiger partial charge >= 0.3 is 23.6 Å². The van der Waals surface area contributed by atoms with Gasteiger partial charge in [-0.15, -0.1) is 0 Å². The van der Waals surface area contributed by atoms with E-state index in [1.807, 2.05) is 0 Å². The molecule has 8 aromatic rings. The molecule has 8 rings (SSSR count). The molecule has 69 heavy (non-hydrogen) atoms. The molecule has 3 heterocycles. The number of benzene rings is 5. The number of rotatable bonds is 13. The summed E-state index contributed by atoms with van der Waals surface area (Å²) < 4.78 is 83.6. The number of hydrogen-bond donors (Lipinski definition) is 6. The Morgan fingerprint density at radius 1 is 0.623 bits per heavy atom. The molecule has 0 radical (unpaired) electrons. The van der Waals surface area contributed by atoms with Crippen LogP contribution >= 0.6 is 0 Å². The van der Waals surface area contributed by atoms with Gasteiger partial charge < -0.3 is 49.3 Å². The predicted molar refractivity (Wildman–Crippen MR) is 245 cm³/mol. The molecule has 0 bridgehead atoms. The summed E-state index contributed by atoms with van der Waals surface area (Å²) in [5.41, 5.74) is 1.03. The smallest absolute Gasteiger partial charge is 0.416 e. The number of hydrogen-bond acceptors (Lipinski definition) is 8. The Balaban J connectivity index is 0.000000219. The third-order valence-corrected chi connectivity index (χ3v) is 10.2. The Labute approximate surface area is 388 Å². The minimum atomic E-state index is -4.48. The molecule has 0 spiro atoms. The molecule has 2 amide bonds. The number of imidazole rings is 2. The van der Waals surface area contributed by atoms with Crippen molar-refractivity contribution in [2.75, 3.05) is 13.2 Å². The van der Waals surface area contributed by atoms with Crippen molar-refractivity contribution < 1.29 is 45.8 Å². The Morgan fingerprint density at radius 2 is 1.10 bits per heavy atom. The standard InChI is InChI=1S/C29H22F4N4O4.C20H22FN3O4/c30-20-9-5-18(6-10-20)25(16-41-21-11-12-23-24(14-21)36-28(40)35-23)34-26(38)22-2-1-13-37(27(22)39)15-17-3-7-19(8-4-17)29(31,32)33;1-20(2,3)28-19(26)24-17(12-4-6-13(21)7-5-12)11-27-14-8-9-15-16(10-14)23-18(25)22-15/h1-14,25H,15-16H2,(H,34,38)(H2,35,36,40);4-10,17H,11H2,1-3H3,(H,24,26)(H2,22,23,25)/t25-;17-/m00/s1. The maximum atomic E-state index is 13.6. The van der Waals surface area contributed by atoms with Gasteiger partial charge in [-0.1, -0.05) is 36.4 Å². The van der Waals surface area contributed by atoms with Crippen LogP contribution in [-0.4, -0.2) is 55.3 Å². The van der Waals surface area contributed by atoms with E-state index in [4.69, 9.17) is 14.2 Å². The van der Waals surface area contributed by atoms with E-state index in [0.29, 0.717) is 50.3 Å². The summed E-state index contributed by atoms with van der Waals surface area (Å²) in [6.07, 6.45) is -3.65. The summed E-state index contributed by atoms with van der Waals surface area (Å²) in [5.74, 6) is -0.660. The van der Waals surface area contributed by atoms with E-state index in [2.05, 4.69) is 30.6 Å². The molecule has 0 aliphatic carbocycles. The first-order valence-corrected chi connectivity index (χ1v) is 21.1. The number of nitrogens with one attached hydrogen (secondary N) is 6. The highest BCUT2D eigenvalue weighted by Crippen LogP contribution is 2.29. The maximum Gasteiger partial charge on any atom is 0.416 e. The Morgan fingerprint density at radius 3 is 1.58 bits per heavy atom. The molecule has 3 aromatic heterocycles. The molecular formula is C49H44F5N7O8. The van der Waals surface area contributed by atoms with Crippen LogP contribution in [0.15, 0.2) is 142 Å². The van der Waals surface area contributed by atoms with Crippen molar-refractivity contribution in [1.82, 2.24) is 35.1 Å². The number of halogens is 5. The van der Waals surface area contributed by atoms with E-state index in [0.717, 1.165) is 12.1 Å². The fraction of sp³-hybridized carbons (Fsp3) is 0.204. The number of amides is 2. The van der Waals surface area contributed by atoms with Crippen LogP contribution in [0.4, 0.5) is 26.7 Å². The zero-order chi connectivity index (χ0) is 49.5. The van der Waals surface area contributed by atoms with E-state index in [1.165, 1.54) is 71.4 Å². The fourth-order valence-electron chi connectivity index (χ4n) is 6.91. The van der Waals surface area contributed by atoms with Crippen LogP contribution in [0.25, 0.3) is 22.1 Å².